The average Bonchev–Trinajstić information content (AvgIpc) is 2.56. The molecule has 2 saturated carbocycles. The van der Waals surface area contributed by atoms with E-state index in [0.717, 1.165) is 51.4 Å². The Morgan fingerprint density at radius 3 is 1.36 bits per heavy atom. The lowest BCUT2D eigenvalue weighted by Gasteiger charge is -2.23. The molecule has 22 heavy (non-hydrogen) atoms. The van der Waals surface area contributed by atoms with Crippen molar-refractivity contribution in [2.24, 2.45) is 0 Å². The fourth-order valence-electron chi connectivity index (χ4n) is 2.90. The summed E-state index contributed by atoms with van der Waals surface area (Å²) >= 11 is 0. The second-order valence-corrected chi connectivity index (χ2v) is 5.94. The van der Waals surface area contributed by atoms with E-state index in [2.05, 4.69) is 31.7 Å². The molecule has 0 unspecified atom stereocenters. The second kappa shape index (κ2) is 9.73. The lowest BCUT2D eigenvalue weighted by atomic mass is 9.96. The van der Waals surface area contributed by atoms with Gasteiger partial charge in [0, 0.05) is 12.1 Å². The van der Waals surface area contributed by atoms with Crippen molar-refractivity contribution in [2.75, 3.05) is 0 Å². The SMILES string of the molecule is O=C(ONNC1CCCCC1)C(=O)ONNC1CCCCC1. The average molecular weight is 314 g/mol. The number of hydrogen-bond acceptors (Lipinski definition) is 8. The predicted octanol–water partition coefficient (Wildman–Crippen LogP) is 0.757. The highest BCUT2D eigenvalue weighted by molar-refractivity contribution is 6.29. The fraction of sp³-hybridized carbons (Fsp3) is 0.857. The minimum absolute atomic E-state index is 0.267. The van der Waals surface area contributed by atoms with Gasteiger partial charge in [0.05, 0.1) is 0 Å². The van der Waals surface area contributed by atoms with Crippen molar-refractivity contribution in [1.82, 2.24) is 22.0 Å². The van der Waals surface area contributed by atoms with Crippen LogP contribution in [-0.4, -0.2) is 24.0 Å². The zero-order valence-electron chi connectivity index (χ0n) is 12.9. The van der Waals surface area contributed by atoms with Crippen molar-refractivity contribution in [1.29, 1.82) is 0 Å². The van der Waals surface area contributed by atoms with Crippen LogP contribution in [0.15, 0.2) is 0 Å². The Morgan fingerprint density at radius 1 is 0.636 bits per heavy atom. The normalized spacial score (nSPS) is 20.5. The van der Waals surface area contributed by atoms with Gasteiger partial charge < -0.3 is 9.68 Å². The molecule has 0 spiro atoms. The number of hydrogen-bond donors (Lipinski definition) is 4. The quantitative estimate of drug-likeness (QED) is 0.421. The lowest BCUT2D eigenvalue weighted by Crippen LogP contribution is -2.46. The number of hydrazine groups is 2. The van der Waals surface area contributed by atoms with Crippen LogP contribution in [0, 0.1) is 0 Å². The van der Waals surface area contributed by atoms with Gasteiger partial charge in [-0.05, 0) is 25.7 Å². The van der Waals surface area contributed by atoms with Crippen molar-refractivity contribution in [3.63, 3.8) is 0 Å². The van der Waals surface area contributed by atoms with Crippen molar-refractivity contribution in [2.45, 2.75) is 76.3 Å². The zero-order chi connectivity index (χ0) is 15.6. The summed E-state index contributed by atoms with van der Waals surface area (Å²) in [6, 6.07) is 0.535. The lowest BCUT2D eigenvalue weighted by molar-refractivity contribution is -0.180. The summed E-state index contributed by atoms with van der Waals surface area (Å²) in [5, 5.41) is 0. The number of rotatable bonds is 6. The predicted molar refractivity (Wildman–Crippen MR) is 78.5 cm³/mol. The van der Waals surface area contributed by atoms with Crippen LogP contribution in [0.1, 0.15) is 64.2 Å². The van der Waals surface area contributed by atoms with E-state index in [4.69, 9.17) is 0 Å². The molecule has 2 aliphatic rings. The molecule has 0 atom stereocenters. The summed E-state index contributed by atoms with van der Waals surface area (Å²) in [4.78, 5) is 32.0. The maximum atomic E-state index is 11.4. The molecule has 2 aliphatic carbocycles. The van der Waals surface area contributed by atoms with Crippen molar-refractivity contribution < 1.29 is 19.3 Å². The van der Waals surface area contributed by atoms with Gasteiger partial charge in [-0.1, -0.05) is 49.7 Å². The van der Waals surface area contributed by atoms with Gasteiger partial charge in [-0.25, -0.2) is 20.4 Å². The summed E-state index contributed by atoms with van der Waals surface area (Å²) < 4.78 is 0. The number of nitrogens with one attached hydrogen (secondary N) is 4. The van der Waals surface area contributed by atoms with E-state index in [9.17, 15) is 9.59 Å². The highest BCUT2D eigenvalue weighted by Crippen LogP contribution is 2.17. The molecule has 0 amide bonds. The Labute approximate surface area is 130 Å². The highest BCUT2D eigenvalue weighted by Gasteiger charge is 2.20. The molecule has 0 bridgehead atoms. The summed E-state index contributed by atoms with van der Waals surface area (Å²) in [6.07, 6.45) is 11.2. The van der Waals surface area contributed by atoms with Crippen LogP contribution in [-0.2, 0) is 19.3 Å². The molecule has 0 aromatic rings. The molecule has 8 nitrogen and oxygen atoms in total. The third kappa shape index (κ3) is 6.27. The topological polar surface area (TPSA) is 101 Å². The van der Waals surface area contributed by atoms with Gasteiger partial charge in [0.2, 0.25) is 0 Å². The van der Waals surface area contributed by atoms with Gasteiger partial charge in [0.1, 0.15) is 0 Å². The van der Waals surface area contributed by atoms with Crippen LogP contribution < -0.4 is 22.0 Å². The number of carbonyl (C=O) groups excluding carboxylic acids is 2. The molecule has 4 N–H and O–H groups in total. The molecule has 0 aromatic carbocycles. The molecular weight excluding hydrogens is 288 g/mol. The Bertz CT molecular complexity index is 321. The smallest absolute Gasteiger partial charge is 0.346 e. The molecule has 2 rings (SSSR count). The maximum absolute atomic E-state index is 11.4. The van der Waals surface area contributed by atoms with Gasteiger partial charge >= 0.3 is 11.9 Å². The van der Waals surface area contributed by atoms with Gasteiger partial charge in [0.15, 0.2) is 0 Å². The Balaban J connectivity index is 1.51. The largest absolute Gasteiger partial charge is 0.439 e. The van der Waals surface area contributed by atoms with Crippen LogP contribution in [0.3, 0.4) is 0 Å². The monoisotopic (exact) mass is 314 g/mol. The highest BCUT2D eigenvalue weighted by atomic mass is 16.8. The van der Waals surface area contributed by atoms with E-state index < -0.39 is 11.9 Å². The van der Waals surface area contributed by atoms with Crippen LogP contribution in [0.5, 0.6) is 0 Å². The first-order chi connectivity index (χ1) is 10.8. The minimum atomic E-state index is -1.10. The third-order valence-corrected chi connectivity index (χ3v) is 4.19. The van der Waals surface area contributed by atoms with E-state index in [1.165, 1.54) is 12.8 Å². The van der Waals surface area contributed by atoms with Crippen LogP contribution in [0.25, 0.3) is 0 Å². The van der Waals surface area contributed by atoms with Crippen molar-refractivity contribution >= 4 is 11.9 Å². The zero-order valence-corrected chi connectivity index (χ0v) is 12.9. The first-order valence-corrected chi connectivity index (χ1v) is 8.19. The van der Waals surface area contributed by atoms with E-state index in [-0.39, 0.29) is 12.1 Å². The molecule has 0 heterocycles. The van der Waals surface area contributed by atoms with Gasteiger partial charge in [-0.15, -0.1) is 0 Å². The molecule has 0 aliphatic heterocycles. The Morgan fingerprint density at radius 2 is 1.00 bits per heavy atom. The van der Waals surface area contributed by atoms with E-state index >= 15 is 0 Å². The first-order valence-electron chi connectivity index (χ1n) is 8.19. The molecule has 8 heteroatoms. The summed E-state index contributed by atoms with van der Waals surface area (Å²) in [5.41, 5.74) is 10.4. The fourth-order valence-corrected chi connectivity index (χ4v) is 2.90. The van der Waals surface area contributed by atoms with Crippen LogP contribution in [0.4, 0.5) is 0 Å². The molecule has 126 valence electrons. The molecule has 0 aromatic heterocycles. The van der Waals surface area contributed by atoms with Crippen molar-refractivity contribution in [3.8, 4) is 0 Å². The Hall–Kier alpha value is -1.22. The van der Waals surface area contributed by atoms with Gasteiger partial charge in [-0.2, -0.15) is 0 Å². The van der Waals surface area contributed by atoms with Crippen molar-refractivity contribution in [3.05, 3.63) is 0 Å². The summed E-state index contributed by atoms with van der Waals surface area (Å²) in [6.45, 7) is 0. The van der Waals surface area contributed by atoms with E-state index in [1.54, 1.807) is 0 Å². The second-order valence-electron chi connectivity index (χ2n) is 5.94. The molecule has 0 radical (unpaired) electrons. The Kier molecular flexibility index (Phi) is 7.58. The van der Waals surface area contributed by atoms with Gasteiger partial charge in [-0.3, -0.25) is 0 Å². The summed E-state index contributed by atoms with van der Waals surface area (Å²) in [5.74, 6) is -2.19. The first kappa shape index (κ1) is 17.1. The van der Waals surface area contributed by atoms with Gasteiger partial charge in [0.25, 0.3) is 0 Å². The minimum Gasteiger partial charge on any atom is -0.346 e. The number of carbonyl (C=O) groups is 2. The van der Waals surface area contributed by atoms with Crippen LogP contribution in [0.2, 0.25) is 0 Å². The van der Waals surface area contributed by atoms with E-state index in [1.807, 2.05) is 0 Å². The summed E-state index contributed by atoms with van der Waals surface area (Å²) in [7, 11) is 0. The van der Waals surface area contributed by atoms with E-state index in [0.29, 0.717) is 0 Å². The molecular formula is C14H26N4O4. The standard InChI is InChI=1S/C14H26N4O4/c19-13(21-17-15-11-7-3-1-4-8-11)14(20)22-18-16-12-9-5-2-6-10-12/h11-12,15-18H,1-10H2. The molecule has 0 saturated heterocycles. The molecule has 2 fully saturated rings. The maximum Gasteiger partial charge on any atom is 0.439 e. The van der Waals surface area contributed by atoms with Crippen LogP contribution >= 0.6 is 0 Å². The third-order valence-electron chi connectivity index (χ3n) is 4.19.